The van der Waals surface area contributed by atoms with E-state index in [4.69, 9.17) is 4.43 Å². The normalized spacial score (nSPS) is 13.9. The first kappa shape index (κ1) is 15.9. The van der Waals surface area contributed by atoms with E-state index in [-0.39, 0.29) is 5.41 Å². The molecule has 0 radical (unpaired) electrons. The van der Waals surface area contributed by atoms with Crippen LogP contribution in [0.1, 0.15) is 31.9 Å². The monoisotopic (exact) mass is 328 g/mol. The standard InChI is InChI=1S/C15H25BrOSi/c1-15(2,3)14(17-18(4)5)10-12-6-8-13(11-16)9-7-12/h6-9,14,18H,10-11H2,1-5H3. The molecule has 0 aliphatic rings. The quantitative estimate of drug-likeness (QED) is 0.569. The van der Waals surface area contributed by atoms with Crippen molar-refractivity contribution in [1.82, 2.24) is 0 Å². The van der Waals surface area contributed by atoms with Gasteiger partial charge in [-0.05, 0) is 36.1 Å². The second-order valence-electron chi connectivity index (χ2n) is 6.19. The molecule has 0 bridgehead atoms. The van der Waals surface area contributed by atoms with Gasteiger partial charge in [0.1, 0.15) is 0 Å². The van der Waals surface area contributed by atoms with Crippen molar-refractivity contribution >= 4 is 25.0 Å². The van der Waals surface area contributed by atoms with E-state index < -0.39 is 9.04 Å². The summed E-state index contributed by atoms with van der Waals surface area (Å²) in [5.74, 6) is 0. The minimum Gasteiger partial charge on any atom is -0.417 e. The van der Waals surface area contributed by atoms with E-state index >= 15 is 0 Å². The van der Waals surface area contributed by atoms with E-state index in [1.54, 1.807) is 0 Å². The van der Waals surface area contributed by atoms with Gasteiger partial charge in [0.15, 0.2) is 9.04 Å². The zero-order valence-corrected chi connectivity index (χ0v) is 14.9. The number of hydrogen-bond donors (Lipinski definition) is 0. The van der Waals surface area contributed by atoms with Crippen molar-refractivity contribution in [3.05, 3.63) is 35.4 Å². The molecule has 0 fully saturated rings. The van der Waals surface area contributed by atoms with Gasteiger partial charge in [0, 0.05) is 5.33 Å². The Hall–Kier alpha value is -0.123. The third kappa shape index (κ3) is 5.25. The number of halogens is 1. The zero-order chi connectivity index (χ0) is 13.8. The van der Waals surface area contributed by atoms with E-state index in [2.05, 4.69) is 74.1 Å². The molecule has 0 saturated heterocycles. The van der Waals surface area contributed by atoms with Crippen molar-refractivity contribution in [2.45, 2.75) is 51.7 Å². The molecule has 0 N–H and O–H groups in total. The molecule has 0 aromatic heterocycles. The average Bonchev–Trinajstić information content (AvgIpc) is 2.27. The molecule has 3 heteroatoms. The van der Waals surface area contributed by atoms with Crippen LogP contribution in [0, 0.1) is 5.41 Å². The number of alkyl halides is 1. The minimum atomic E-state index is -0.993. The maximum Gasteiger partial charge on any atom is 0.171 e. The van der Waals surface area contributed by atoms with Gasteiger partial charge >= 0.3 is 0 Å². The average molecular weight is 329 g/mol. The van der Waals surface area contributed by atoms with Crippen molar-refractivity contribution in [1.29, 1.82) is 0 Å². The highest BCUT2D eigenvalue weighted by atomic mass is 79.9. The second-order valence-corrected chi connectivity index (χ2v) is 9.12. The molecule has 0 spiro atoms. The first-order valence-corrected chi connectivity index (χ1v) is 10.5. The highest BCUT2D eigenvalue weighted by molar-refractivity contribution is 9.08. The lowest BCUT2D eigenvalue weighted by Crippen LogP contribution is -2.35. The second kappa shape index (κ2) is 6.87. The van der Waals surface area contributed by atoms with Crippen LogP contribution in [-0.4, -0.2) is 15.1 Å². The molecule has 0 aliphatic carbocycles. The van der Waals surface area contributed by atoms with Crippen molar-refractivity contribution in [2.75, 3.05) is 0 Å². The van der Waals surface area contributed by atoms with E-state index in [9.17, 15) is 0 Å². The number of rotatable bonds is 5. The highest BCUT2D eigenvalue weighted by Crippen LogP contribution is 2.26. The van der Waals surface area contributed by atoms with Crippen LogP contribution in [0.5, 0.6) is 0 Å². The van der Waals surface area contributed by atoms with E-state index in [1.807, 2.05) is 0 Å². The lowest BCUT2D eigenvalue weighted by atomic mass is 9.85. The molecule has 18 heavy (non-hydrogen) atoms. The minimum absolute atomic E-state index is 0.200. The molecule has 1 nitrogen and oxygen atoms in total. The molecular formula is C15H25BrOSi. The van der Waals surface area contributed by atoms with Crippen molar-refractivity contribution in [2.24, 2.45) is 5.41 Å². The number of benzene rings is 1. The maximum atomic E-state index is 6.20. The van der Waals surface area contributed by atoms with Crippen LogP contribution in [0.3, 0.4) is 0 Å². The van der Waals surface area contributed by atoms with Crippen LogP contribution < -0.4 is 0 Å². The Kier molecular flexibility index (Phi) is 6.08. The summed E-state index contributed by atoms with van der Waals surface area (Å²) in [6.45, 7) is 11.3. The molecule has 0 aliphatic heterocycles. The van der Waals surface area contributed by atoms with Crippen molar-refractivity contribution < 1.29 is 4.43 Å². The van der Waals surface area contributed by atoms with E-state index in [1.165, 1.54) is 11.1 Å². The lowest BCUT2D eigenvalue weighted by molar-refractivity contribution is 0.0867. The van der Waals surface area contributed by atoms with Crippen LogP contribution in [0.15, 0.2) is 24.3 Å². The Morgan fingerprint density at radius 1 is 1.11 bits per heavy atom. The molecule has 0 saturated carbocycles. The molecule has 1 atom stereocenters. The fourth-order valence-corrected chi connectivity index (χ4v) is 3.40. The summed E-state index contributed by atoms with van der Waals surface area (Å²) in [4.78, 5) is 0. The fraction of sp³-hybridized carbons (Fsp3) is 0.600. The number of hydrogen-bond acceptors (Lipinski definition) is 1. The van der Waals surface area contributed by atoms with Gasteiger partial charge in [-0.1, -0.05) is 61.0 Å². The predicted molar refractivity (Wildman–Crippen MR) is 86.0 cm³/mol. The zero-order valence-electron chi connectivity index (χ0n) is 12.2. The van der Waals surface area contributed by atoms with E-state index in [0.717, 1.165) is 11.8 Å². The Bertz CT molecular complexity index is 354. The summed E-state index contributed by atoms with van der Waals surface area (Å²) in [5, 5.41) is 0.922. The largest absolute Gasteiger partial charge is 0.417 e. The molecule has 1 unspecified atom stereocenters. The van der Waals surface area contributed by atoms with Gasteiger partial charge in [0.2, 0.25) is 0 Å². The third-order valence-electron chi connectivity index (χ3n) is 3.00. The van der Waals surface area contributed by atoms with Crippen LogP contribution in [-0.2, 0) is 16.2 Å². The van der Waals surface area contributed by atoms with Crippen LogP contribution in [0.4, 0.5) is 0 Å². The molecule has 1 aromatic rings. The lowest BCUT2D eigenvalue weighted by Gasteiger charge is -2.32. The Morgan fingerprint density at radius 2 is 1.61 bits per heavy atom. The van der Waals surface area contributed by atoms with Crippen molar-refractivity contribution in [3.63, 3.8) is 0 Å². The molecule has 1 rings (SSSR count). The van der Waals surface area contributed by atoms with Crippen molar-refractivity contribution in [3.8, 4) is 0 Å². The Balaban J connectivity index is 2.75. The molecular weight excluding hydrogens is 304 g/mol. The van der Waals surface area contributed by atoms with Gasteiger partial charge in [0.05, 0.1) is 6.10 Å². The summed E-state index contributed by atoms with van der Waals surface area (Å²) in [7, 11) is -0.993. The molecule has 102 valence electrons. The van der Waals surface area contributed by atoms with Gasteiger partial charge in [-0.2, -0.15) is 0 Å². The highest BCUT2D eigenvalue weighted by Gasteiger charge is 2.26. The molecule has 0 heterocycles. The summed E-state index contributed by atoms with van der Waals surface area (Å²) < 4.78 is 6.20. The van der Waals surface area contributed by atoms with E-state index in [0.29, 0.717) is 6.10 Å². The van der Waals surface area contributed by atoms with Gasteiger partial charge in [0.25, 0.3) is 0 Å². The Morgan fingerprint density at radius 3 is 2.00 bits per heavy atom. The van der Waals surface area contributed by atoms with Gasteiger partial charge in [-0.15, -0.1) is 0 Å². The summed E-state index contributed by atoms with van der Waals surface area (Å²) in [6, 6.07) is 8.83. The van der Waals surface area contributed by atoms with Crippen LogP contribution in [0.25, 0.3) is 0 Å². The molecule has 1 aromatic carbocycles. The van der Waals surface area contributed by atoms with Crippen LogP contribution in [0.2, 0.25) is 13.1 Å². The fourth-order valence-electron chi connectivity index (χ4n) is 1.87. The summed E-state index contributed by atoms with van der Waals surface area (Å²) in [6.07, 6.45) is 1.33. The first-order chi connectivity index (χ1) is 8.32. The SMILES string of the molecule is C[SiH](C)OC(Cc1ccc(CBr)cc1)C(C)(C)C. The van der Waals surface area contributed by atoms with Crippen LogP contribution >= 0.6 is 15.9 Å². The van der Waals surface area contributed by atoms with Gasteiger partial charge in [-0.25, -0.2) is 0 Å². The third-order valence-corrected chi connectivity index (χ3v) is 4.52. The maximum absolute atomic E-state index is 6.20. The summed E-state index contributed by atoms with van der Waals surface area (Å²) >= 11 is 3.48. The van der Waals surface area contributed by atoms with Gasteiger partial charge in [-0.3, -0.25) is 0 Å². The Labute approximate surface area is 122 Å². The topological polar surface area (TPSA) is 9.23 Å². The molecule has 0 amide bonds. The predicted octanol–water partition coefficient (Wildman–Crippen LogP) is 4.54. The smallest absolute Gasteiger partial charge is 0.171 e. The summed E-state index contributed by atoms with van der Waals surface area (Å²) in [5.41, 5.74) is 2.89. The first-order valence-electron chi connectivity index (χ1n) is 6.62. The van der Waals surface area contributed by atoms with Gasteiger partial charge < -0.3 is 4.43 Å².